The van der Waals surface area contributed by atoms with E-state index in [2.05, 4.69) is 10.4 Å². The molecule has 1 saturated carbocycles. The number of halogens is 1. The van der Waals surface area contributed by atoms with E-state index < -0.39 is 0 Å². The lowest BCUT2D eigenvalue weighted by Crippen LogP contribution is -2.45. The molecule has 1 fully saturated rings. The Morgan fingerprint density at radius 1 is 1.65 bits per heavy atom. The van der Waals surface area contributed by atoms with Crippen molar-refractivity contribution in [3.63, 3.8) is 0 Å². The third-order valence-electron chi connectivity index (χ3n) is 4.39. The van der Waals surface area contributed by atoms with Crippen LogP contribution in [0.5, 0.6) is 0 Å². The fourth-order valence-corrected chi connectivity index (χ4v) is 3.19. The summed E-state index contributed by atoms with van der Waals surface area (Å²) in [4.78, 5) is 12.2. The quantitative estimate of drug-likeness (QED) is 0.887. The van der Waals surface area contributed by atoms with E-state index in [9.17, 15) is 9.90 Å². The lowest BCUT2D eigenvalue weighted by atomic mass is 9.85. The Bertz CT molecular complexity index is 515. The molecule has 0 radical (unpaired) electrons. The number of rotatable bonds is 4. The number of nitrogens with one attached hydrogen (secondary N) is 1. The number of carbonyl (C=O) groups is 1. The van der Waals surface area contributed by atoms with Crippen LogP contribution in [0.15, 0.2) is 0 Å². The van der Waals surface area contributed by atoms with Crippen molar-refractivity contribution in [2.75, 3.05) is 6.61 Å². The van der Waals surface area contributed by atoms with Crippen LogP contribution in [-0.2, 0) is 18.3 Å². The lowest BCUT2D eigenvalue weighted by molar-refractivity contribution is -0.122. The summed E-state index contributed by atoms with van der Waals surface area (Å²) in [5.74, 6) is -0.0606. The minimum Gasteiger partial charge on any atom is -0.396 e. The highest BCUT2D eigenvalue weighted by Crippen LogP contribution is 2.37. The summed E-state index contributed by atoms with van der Waals surface area (Å²) >= 11 is 6.14. The molecule has 1 aromatic rings. The SMILES string of the molecule is Cc1nn(C)c(Cl)c1CC(=O)NC1CCCC1(C)CO. The van der Waals surface area contributed by atoms with Crippen LogP contribution in [0, 0.1) is 12.3 Å². The monoisotopic (exact) mass is 299 g/mol. The molecule has 2 N–H and O–H groups in total. The van der Waals surface area contributed by atoms with Gasteiger partial charge in [-0.1, -0.05) is 24.9 Å². The average molecular weight is 300 g/mol. The number of nitrogens with zero attached hydrogens (tertiary/aromatic N) is 2. The molecule has 2 atom stereocenters. The maximum atomic E-state index is 12.2. The second kappa shape index (κ2) is 5.74. The second-order valence-corrected chi connectivity index (χ2v) is 6.34. The van der Waals surface area contributed by atoms with Crippen molar-refractivity contribution in [1.29, 1.82) is 0 Å². The normalized spacial score (nSPS) is 25.9. The maximum Gasteiger partial charge on any atom is 0.224 e. The van der Waals surface area contributed by atoms with Gasteiger partial charge in [-0.2, -0.15) is 5.10 Å². The molecule has 112 valence electrons. The standard InChI is InChI=1S/C14H22ClN3O2/c1-9-10(13(15)18(3)17-9)7-12(20)16-11-5-4-6-14(11,2)8-19/h11,19H,4-8H2,1-3H3,(H,16,20). The van der Waals surface area contributed by atoms with Gasteiger partial charge in [0, 0.05) is 24.1 Å². The van der Waals surface area contributed by atoms with Gasteiger partial charge < -0.3 is 10.4 Å². The van der Waals surface area contributed by atoms with E-state index >= 15 is 0 Å². The van der Waals surface area contributed by atoms with Crippen molar-refractivity contribution in [3.8, 4) is 0 Å². The van der Waals surface area contributed by atoms with E-state index in [1.165, 1.54) is 0 Å². The van der Waals surface area contributed by atoms with Crippen molar-refractivity contribution >= 4 is 17.5 Å². The molecule has 1 heterocycles. The fraction of sp³-hybridized carbons (Fsp3) is 0.714. The Kier molecular flexibility index (Phi) is 4.39. The zero-order valence-electron chi connectivity index (χ0n) is 12.2. The van der Waals surface area contributed by atoms with Gasteiger partial charge in [-0.25, -0.2) is 0 Å². The first-order chi connectivity index (χ1) is 9.37. The predicted molar refractivity (Wildman–Crippen MR) is 77.6 cm³/mol. The van der Waals surface area contributed by atoms with Crippen molar-refractivity contribution in [2.24, 2.45) is 12.5 Å². The van der Waals surface area contributed by atoms with Gasteiger partial charge in [0.1, 0.15) is 5.15 Å². The van der Waals surface area contributed by atoms with Crippen LogP contribution < -0.4 is 5.32 Å². The minimum atomic E-state index is -0.205. The summed E-state index contributed by atoms with van der Waals surface area (Å²) in [7, 11) is 1.76. The topological polar surface area (TPSA) is 67.2 Å². The molecule has 20 heavy (non-hydrogen) atoms. The highest BCUT2D eigenvalue weighted by molar-refractivity contribution is 6.30. The van der Waals surface area contributed by atoms with E-state index in [0.717, 1.165) is 30.5 Å². The molecule has 1 aromatic heterocycles. The molecule has 5 nitrogen and oxygen atoms in total. The van der Waals surface area contributed by atoms with Gasteiger partial charge in [-0.3, -0.25) is 9.48 Å². The minimum absolute atomic E-state index is 0.0377. The van der Waals surface area contributed by atoms with Crippen molar-refractivity contribution in [3.05, 3.63) is 16.4 Å². The van der Waals surface area contributed by atoms with Crippen LogP contribution in [0.1, 0.15) is 37.4 Å². The molecular formula is C14H22ClN3O2. The summed E-state index contributed by atoms with van der Waals surface area (Å²) in [6.07, 6.45) is 3.13. The molecule has 0 spiro atoms. The molecule has 0 aliphatic heterocycles. The van der Waals surface area contributed by atoms with E-state index in [-0.39, 0.29) is 30.4 Å². The van der Waals surface area contributed by atoms with Gasteiger partial charge in [0.25, 0.3) is 0 Å². The van der Waals surface area contributed by atoms with Crippen LogP contribution >= 0.6 is 11.6 Å². The van der Waals surface area contributed by atoms with Gasteiger partial charge >= 0.3 is 0 Å². The van der Waals surface area contributed by atoms with Gasteiger partial charge in [-0.05, 0) is 19.8 Å². The Balaban J connectivity index is 2.03. The zero-order valence-corrected chi connectivity index (χ0v) is 13.0. The largest absolute Gasteiger partial charge is 0.396 e. The smallest absolute Gasteiger partial charge is 0.224 e. The molecule has 2 rings (SSSR count). The first-order valence-electron chi connectivity index (χ1n) is 6.95. The number of aryl methyl sites for hydroxylation is 2. The number of carbonyl (C=O) groups excluding carboxylic acids is 1. The Labute approximate surface area is 124 Å². The Morgan fingerprint density at radius 3 is 2.90 bits per heavy atom. The van der Waals surface area contributed by atoms with Crippen molar-refractivity contribution in [2.45, 2.75) is 45.6 Å². The van der Waals surface area contributed by atoms with Crippen LogP contribution in [-0.4, -0.2) is 33.4 Å². The fourth-order valence-electron chi connectivity index (χ4n) is 2.95. The number of aliphatic hydroxyl groups excluding tert-OH is 1. The number of hydrogen-bond donors (Lipinski definition) is 2. The van der Waals surface area contributed by atoms with Gasteiger partial charge in [0.05, 0.1) is 18.7 Å². The number of hydrogen-bond acceptors (Lipinski definition) is 3. The average Bonchev–Trinajstić information content (AvgIpc) is 2.86. The number of amides is 1. The summed E-state index contributed by atoms with van der Waals surface area (Å²) < 4.78 is 1.58. The highest BCUT2D eigenvalue weighted by atomic mass is 35.5. The van der Waals surface area contributed by atoms with Crippen molar-refractivity contribution < 1.29 is 9.90 Å². The predicted octanol–water partition coefficient (Wildman–Crippen LogP) is 1.59. The van der Waals surface area contributed by atoms with Crippen molar-refractivity contribution in [1.82, 2.24) is 15.1 Å². The third-order valence-corrected chi connectivity index (χ3v) is 4.86. The summed E-state index contributed by atoms with van der Waals surface area (Å²) in [5.41, 5.74) is 1.35. The zero-order chi connectivity index (χ0) is 14.9. The Morgan fingerprint density at radius 2 is 2.35 bits per heavy atom. The van der Waals surface area contributed by atoms with Crippen LogP contribution in [0.2, 0.25) is 5.15 Å². The van der Waals surface area contributed by atoms with E-state index in [1.807, 2.05) is 13.8 Å². The second-order valence-electron chi connectivity index (χ2n) is 5.98. The number of aromatic nitrogens is 2. The first kappa shape index (κ1) is 15.3. The maximum absolute atomic E-state index is 12.2. The summed E-state index contributed by atoms with van der Waals surface area (Å²) in [5, 5.41) is 17.3. The third kappa shape index (κ3) is 2.83. The van der Waals surface area contributed by atoms with Crippen LogP contribution in [0.4, 0.5) is 0 Å². The molecule has 6 heteroatoms. The van der Waals surface area contributed by atoms with Gasteiger partial charge in [0.2, 0.25) is 5.91 Å². The van der Waals surface area contributed by atoms with Gasteiger partial charge in [-0.15, -0.1) is 0 Å². The molecule has 0 aromatic carbocycles. The number of aliphatic hydroxyl groups is 1. The first-order valence-corrected chi connectivity index (χ1v) is 7.33. The summed E-state index contributed by atoms with van der Waals surface area (Å²) in [6, 6.07) is 0.0377. The van der Waals surface area contributed by atoms with E-state index in [0.29, 0.717) is 5.15 Å². The van der Waals surface area contributed by atoms with E-state index in [1.54, 1.807) is 11.7 Å². The molecule has 0 bridgehead atoms. The summed E-state index contributed by atoms with van der Waals surface area (Å²) in [6.45, 7) is 3.97. The lowest BCUT2D eigenvalue weighted by Gasteiger charge is -2.30. The molecule has 1 aliphatic carbocycles. The van der Waals surface area contributed by atoms with E-state index in [4.69, 9.17) is 11.6 Å². The molecule has 1 aliphatic rings. The van der Waals surface area contributed by atoms with Crippen LogP contribution in [0.25, 0.3) is 0 Å². The van der Waals surface area contributed by atoms with Crippen LogP contribution in [0.3, 0.4) is 0 Å². The van der Waals surface area contributed by atoms with Gasteiger partial charge in [0.15, 0.2) is 0 Å². The molecule has 2 unspecified atom stereocenters. The molecular weight excluding hydrogens is 278 g/mol. The molecule has 0 saturated heterocycles. The Hall–Kier alpha value is -1.07. The molecule has 1 amide bonds. The highest BCUT2D eigenvalue weighted by Gasteiger charge is 2.39.